The minimum atomic E-state index is -2.01. The molecule has 2 aromatic carbocycles. The van der Waals surface area contributed by atoms with Gasteiger partial charge in [-0.15, -0.1) is 0 Å². The van der Waals surface area contributed by atoms with Crippen molar-refractivity contribution in [3.05, 3.63) is 58.0 Å². The average Bonchev–Trinajstić information content (AvgIpc) is 3.89. The highest BCUT2D eigenvalue weighted by atomic mass is 16.7. The summed E-state index contributed by atoms with van der Waals surface area (Å²) in [4.78, 5) is 71.9. The number of Topliss-reactive ketones (excluding diaryl/α,β-unsaturated/α-hetero) is 1. The molecule has 0 unspecified atom stereocenters. The number of hydrogen-bond donors (Lipinski definition) is 6. The van der Waals surface area contributed by atoms with Crippen molar-refractivity contribution in [2.24, 2.45) is 45.5 Å². The summed E-state index contributed by atoms with van der Waals surface area (Å²) in [5, 5.41) is 61.5. The monoisotopic (exact) mass is 1040 g/mol. The van der Waals surface area contributed by atoms with E-state index in [1.54, 1.807) is 64.7 Å². The lowest BCUT2D eigenvalue weighted by atomic mass is 9.78. The Balaban J connectivity index is 1.15. The van der Waals surface area contributed by atoms with Crippen LogP contribution in [-0.4, -0.2) is 159 Å². The van der Waals surface area contributed by atoms with Crippen LogP contribution < -0.4 is 20.8 Å². The van der Waals surface area contributed by atoms with Crippen LogP contribution >= 0.6 is 0 Å². The van der Waals surface area contributed by atoms with Crippen molar-refractivity contribution in [2.45, 2.75) is 143 Å². The van der Waals surface area contributed by atoms with Crippen molar-refractivity contribution >= 4 is 40.2 Å². The topological polar surface area (TPSA) is 253 Å². The molecule has 1 aliphatic carbocycles. The summed E-state index contributed by atoms with van der Waals surface area (Å²) in [6.45, 7) is 19.3. The molecular formula is C56H78N6O13. The largest absolute Gasteiger partial charge is 0.507 e. The van der Waals surface area contributed by atoms with Crippen LogP contribution in [-0.2, 0) is 23.8 Å². The number of methoxy groups -OCH3 is 1. The summed E-state index contributed by atoms with van der Waals surface area (Å²) in [5.74, 6) is -6.68. The highest BCUT2D eigenvalue weighted by Crippen LogP contribution is 2.51. The number of aliphatic hydroxyl groups excluding tert-OH is 3. The fourth-order valence-electron chi connectivity index (χ4n) is 11.9. The van der Waals surface area contributed by atoms with E-state index >= 15 is 0 Å². The highest BCUT2D eigenvalue weighted by molar-refractivity contribution is 6.21. The van der Waals surface area contributed by atoms with Crippen LogP contribution in [0.5, 0.6) is 17.2 Å². The molecule has 6 N–H and O–H groups in total. The van der Waals surface area contributed by atoms with E-state index in [-0.39, 0.29) is 80.7 Å². The molecule has 1 saturated carbocycles. The van der Waals surface area contributed by atoms with Gasteiger partial charge in [0.1, 0.15) is 34.0 Å². The third kappa shape index (κ3) is 10.9. The van der Waals surface area contributed by atoms with Gasteiger partial charge in [0, 0.05) is 119 Å². The van der Waals surface area contributed by atoms with Crippen molar-refractivity contribution < 1.29 is 63.7 Å². The van der Waals surface area contributed by atoms with Gasteiger partial charge in [-0.05, 0) is 51.5 Å². The van der Waals surface area contributed by atoms with E-state index in [1.165, 1.54) is 31.3 Å². The number of phenols is 2. The predicted octanol–water partition coefficient (Wildman–Crippen LogP) is 5.02. The Hall–Kier alpha value is -5.60. The van der Waals surface area contributed by atoms with Gasteiger partial charge >= 0.3 is 11.9 Å². The lowest BCUT2D eigenvalue weighted by molar-refractivity contribution is -0.139. The zero-order valence-electron chi connectivity index (χ0n) is 45.2. The summed E-state index contributed by atoms with van der Waals surface area (Å²) in [6, 6.07) is 0. The number of likely N-dealkylation sites (tertiary alicyclic amines) is 1. The van der Waals surface area contributed by atoms with Gasteiger partial charge in [0.15, 0.2) is 5.75 Å². The van der Waals surface area contributed by atoms with Crippen molar-refractivity contribution in [1.82, 2.24) is 14.7 Å². The molecule has 2 saturated heterocycles. The number of rotatable bonds is 5. The molecule has 1 spiro atoms. The second-order valence-electron chi connectivity index (χ2n) is 22.6. The number of amides is 3. The fourth-order valence-corrected chi connectivity index (χ4v) is 11.9. The number of piperidine rings is 1. The number of hydrogen-bond acceptors (Lipinski definition) is 16. The number of phenolic OH excluding ortho intramolecular Hbond substituents is 2. The van der Waals surface area contributed by atoms with Crippen LogP contribution in [0, 0.1) is 42.4 Å². The van der Waals surface area contributed by atoms with Crippen molar-refractivity contribution in [3.8, 4) is 17.2 Å². The van der Waals surface area contributed by atoms with E-state index in [0.29, 0.717) is 76.3 Å². The van der Waals surface area contributed by atoms with Crippen LogP contribution in [0.25, 0.3) is 10.8 Å². The smallest absolute Gasteiger partial charge is 0.410 e. The molecule has 3 fully saturated rings. The molecule has 5 bridgehead atoms. The van der Waals surface area contributed by atoms with E-state index in [9.17, 15) is 44.7 Å². The second kappa shape index (κ2) is 22.2. The molecule has 19 heteroatoms. The van der Waals surface area contributed by atoms with Crippen LogP contribution in [0.1, 0.15) is 110 Å². The van der Waals surface area contributed by atoms with Crippen molar-refractivity contribution in [2.75, 3.05) is 58.2 Å². The van der Waals surface area contributed by atoms with Gasteiger partial charge in [-0.1, -0.05) is 59.8 Å². The van der Waals surface area contributed by atoms with Gasteiger partial charge in [0.2, 0.25) is 5.91 Å². The standard InChI is InChI=1S/C56H78N6O13/c1-29(2)28-60-21-19-56(20-22-60)58-42-39-40-47(66)35(8)50-41(39)51(68)55(9,75-50)73-27-18-38(72-10)32(5)49(74-54(71)62-25-23-61(24-26-62)53(70)36-14-16-37(63)17-15-36)34(7)46(65)33(6)45(64)30(3)12-11-13-31(4)52(69)57-44(48(40)67)43(42)59-56/h11-13,18,27,29-30,32-34,36-38,45-46,49,58,63-67H,14-17,19-26,28H2,1-10H3/b12-11+,27-18+,31-13-,57-44?/t30-,32+,33+,34+,36?,37?,38-,45-,46+,49+,55-/m0/s1. The molecule has 7 aliphatic rings. The number of allylic oxidation sites excluding steroid dienone is 2. The quantitative estimate of drug-likeness (QED) is 0.215. The zero-order valence-corrected chi connectivity index (χ0v) is 45.2. The third-order valence-corrected chi connectivity index (χ3v) is 16.7. The molecule has 9 atom stereocenters. The molecule has 75 heavy (non-hydrogen) atoms. The molecule has 0 radical (unpaired) electrons. The van der Waals surface area contributed by atoms with E-state index in [2.05, 4.69) is 29.1 Å². The number of carbonyl (C=O) groups is 4. The van der Waals surface area contributed by atoms with Crippen LogP contribution in [0.2, 0.25) is 0 Å². The van der Waals surface area contributed by atoms with Gasteiger partial charge in [0.05, 0.1) is 47.3 Å². The minimum absolute atomic E-state index is 0.0239. The zero-order chi connectivity index (χ0) is 54.4. The molecule has 9 rings (SSSR count). The van der Waals surface area contributed by atoms with Crippen LogP contribution in [0.3, 0.4) is 0 Å². The Bertz CT molecular complexity index is 2750. The highest BCUT2D eigenvalue weighted by Gasteiger charge is 2.51. The minimum Gasteiger partial charge on any atom is -0.507 e. The van der Waals surface area contributed by atoms with E-state index in [0.717, 1.165) is 6.54 Å². The number of piperazine rings is 1. The third-order valence-electron chi connectivity index (χ3n) is 16.7. The summed E-state index contributed by atoms with van der Waals surface area (Å²) in [7, 11) is 1.47. The number of aromatic hydroxyl groups is 2. The molecule has 6 aliphatic heterocycles. The number of aliphatic hydroxyl groups is 3. The number of anilines is 1. The first-order valence-electron chi connectivity index (χ1n) is 26.8. The fraction of sp³-hybridized carbons (Fsp3) is 0.643. The molecule has 0 aromatic heterocycles. The van der Waals surface area contributed by atoms with E-state index in [1.807, 2.05) is 0 Å². The molecule has 19 nitrogen and oxygen atoms in total. The molecule has 3 amide bonds. The van der Waals surface area contributed by atoms with Gasteiger partial charge in [-0.2, -0.15) is 0 Å². The summed E-state index contributed by atoms with van der Waals surface area (Å²) >= 11 is 0. The van der Waals surface area contributed by atoms with E-state index < -0.39 is 83.1 Å². The number of fused-ring (bicyclic) bond motifs is 13. The van der Waals surface area contributed by atoms with E-state index in [4.69, 9.17) is 23.9 Å². The van der Waals surface area contributed by atoms with Crippen molar-refractivity contribution in [1.29, 1.82) is 0 Å². The SMILES string of the molecule is CO[C@H]1/C=C/O[C@@]2(C)Oc3c(C)c(O)c4c(O)c(c5c(c4c3C2=O)NC2(CCN(CC(C)C)CC2)N=5)=NC(=O)/C(C)=C\C=C\[C@H](C)[C@H](O)[C@@H](C)[C@@H](O)[C@@H](C)[C@H](OC(=O)N2CCN(C(=O)C3CCC(O)CC3)CC2)[C@@H]1C. The number of nitrogens with one attached hydrogen (secondary N) is 1. The lowest BCUT2D eigenvalue weighted by Crippen LogP contribution is -2.54. The number of nitrogens with zero attached hydrogens (tertiary/aromatic N) is 5. The number of benzene rings is 2. The number of ketones is 1. The summed E-state index contributed by atoms with van der Waals surface area (Å²) in [6.07, 6.45) is 6.00. The second-order valence-corrected chi connectivity index (χ2v) is 22.6. The number of ether oxygens (including phenoxy) is 4. The van der Waals surface area contributed by atoms with Crippen LogP contribution in [0.15, 0.2) is 46.1 Å². The predicted molar refractivity (Wildman–Crippen MR) is 279 cm³/mol. The maximum Gasteiger partial charge on any atom is 0.410 e. The van der Waals surface area contributed by atoms with Gasteiger partial charge in [0.25, 0.3) is 11.7 Å². The molecule has 2 aromatic rings. The Morgan fingerprint density at radius 3 is 2.15 bits per heavy atom. The lowest BCUT2D eigenvalue weighted by Gasteiger charge is -2.40. The Morgan fingerprint density at radius 2 is 1.51 bits per heavy atom. The first-order valence-corrected chi connectivity index (χ1v) is 26.8. The first-order chi connectivity index (χ1) is 35.5. The Labute approximate surface area is 438 Å². The Morgan fingerprint density at radius 1 is 0.853 bits per heavy atom. The normalized spacial score (nSPS) is 33.2. The van der Waals surface area contributed by atoms with Gasteiger partial charge in [-0.3, -0.25) is 19.4 Å². The van der Waals surface area contributed by atoms with Crippen LogP contribution in [0.4, 0.5) is 10.5 Å². The van der Waals surface area contributed by atoms with Gasteiger partial charge < -0.3 is 64.5 Å². The molecular weight excluding hydrogens is 965 g/mol. The molecule has 6 heterocycles. The Kier molecular flexibility index (Phi) is 16.4. The molecule has 410 valence electrons. The average molecular weight is 1040 g/mol. The van der Waals surface area contributed by atoms with Gasteiger partial charge in [-0.25, -0.2) is 9.79 Å². The summed E-state index contributed by atoms with van der Waals surface area (Å²) < 4.78 is 24.9. The summed E-state index contributed by atoms with van der Waals surface area (Å²) in [5.41, 5.74) is -0.221. The van der Waals surface area contributed by atoms with Crippen molar-refractivity contribution in [3.63, 3.8) is 0 Å². The number of carbonyl (C=O) groups excluding carboxylic acids is 4. The maximum atomic E-state index is 15.0. The first kappa shape index (κ1) is 55.6. The maximum absolute atomic E-state index is 15.0.